The number of esters is 1. The van der Waals surface area contributed by atoms with Crippen molar-refractivity contribution in [2.45, 2.75) is 45.6 Å². The summed E-state index contributed by atoms with van der Waals surface area (Å²) in [6.45, 7) is 3.40. The van der Waals surface area contributed by atoms with Crippen LogP contribution < -0.4 is 10.1 Å². The average Bonchev–Trinajstić information content (AvgIpc) is 2.97. The van der Waals surface area contributed by atoms with Gasteiger partial charge in [0.15, 0.2) is 13.2 Å². The van der Waals surface area contributed by atoms with E-state index in [1.807, 2.05) is 32.0 Å². The minimum absolute atomic E-state index is 0.192. The summed E-state index contributed by atoms with van der Waals surface area (Å²) in [5.74, 6) is -0.0913. The SMILES string of the molecule is Cc1cccc(C)c1OCC(=O)OCC(=O)NC1CCCC1. The number of carbonyl (C=O) groups is 2. The van der Waals surface area contributed by atoms with Crippen LogP contribution in [-0.4, -0.2) is 31.1 Å². The van der Waals surface area contributed by atoms with Crippen LogP contribution in [0.2, 0.25) is 0 Å². The Morgan fingerprint density at radius 2 is 1.77 bits per heavy atom. The van der Waals surface area contributed by atoms with Gasteiger partial charge in [-0.1, -0.05) is 31.0 Å². The summed E-state index contributed by atoms with van der Waals surface area (Å²) in [6.07, 6.45) is 4.31. The van der Waals surface area contributed by atoms with Crippen molar-refractivity contribution in [1.82, 2.24) is 5.32 Å². The second kappa shape index (κ2) is 7.82. The van der Waals surface area contributed by atoms with Crippen molar-refractivity contribution in [2.24, 2.45) is 0 Å². The molecule has 0 bridgehead atoms. The summed E-state index contributed by atoms with van der Waals surface area (Å²) in [6, 6.07) is 6.01. The van der Waals surface area contributed by atoms with Crippen molar-refractivity contribution in [2.75, 3.05) is 13.2 Å². The van der Waals surface area contributed by atoms with Gasteiger partial charge in [-0.3, -0.25) is 4.79 Å². The Balaban J connectivity index is 1.70. The van der Waals surface area contributed by atoms with Gasteiger partial charge in [0.1, 0.15) is 5.75 Å². The number of aryl methyl sites for hydroxylation is 2. The molecule has 0 atom stereocenters. The molecule has 120 valence electrons. The molecule has 0 spiro atoms. The minimum atomic E-state index is -0.538. The number of benzene rings is 1. The predicted molar refractivity (Wildman–Crippen MR) is 82.8 cm³/mol. The maximum Gasteiger partial charge on any atom is 0.344 e. The van der Waals surface area contributed by atoms with Crippen LogP contribution >= 0.6 is 0 Å². The molecular weight excluding hydrogens is 282 g/mol. The van der Waals surface area contributed by atoms with Crippen LogP contribution in [0.5, 0.6) is 5.75 Å². The number of amides is 1. The second-order valence-corrected chi connectivity index (χ2v) is 5.72. The summed E-state index contributed by atoms with van der Waals surface area (Å²) < 4.78 is 10.4. The van der Waals surface area contributed by atoms with E-state index in [9.17, 15) is 9.59 Å². The van der Waals surface area contributed by atoms with Crippen molar-refractivity contribution in [1.29, 1.82) is 0 Å². The topological polar surface area (TPSA) is 64.6 Å². The quantitative estimate of drug-likeness (QED) is 0.819. The molecule has 22 heavy (non-hydrogen) atoms. The van der Waals surface area contributed by atoms with Crippen LogP contribution in [0, 0.1) is 13.8 Å². The zero-order valence-electron chi connectivity index (χ0n) is 13.2. The number of para-hydroxylation sites is 1. The maximum absolute atomic E-state index is 11.7. The van der Waals surface area contributed by atoms with Gasteiger partial charge in [0.25, 0.3) is 5.91 Å². The molecule has 1 aliphatic rings. The Bertz CT molecular complexity index is 515. The van der Waals surface area contributed by atoms with E-state index in [4.69, 9.17) is 9.47 Å². The molecule has 0 radical (unpaired) electrons. The molecule has 1 saturated carbocycles. The molecule has 0 heterocycles. The molecule has 1 aromatic rings. The molecule has 5 heteroatoms. The predicted octanol–water partition coefficient (Wildman–Crippen LogP) is 2.28. The van der Waals surface area contributed by atoms with Crippen molar-refractivity contribution in [3.8, 4) is 5.75 Å². The monoisotopic (exact) mass is 305 g/mol. The number of nitrogens with one attached hydrogen (secondary N) is 1. The molecule has 1 fully saturated rings. The first-order valence-corrected chi connectivity index (χ1v) is 7.70. The van der Waals surface area contributed by atoms with E-state index in [1.165, 1.54) is 0 Å². The van der Waals surface area contributed by atoms with E-state index in [2.05, 4.69) is 5.32 Å². The highest BCUT2D eigenvalue weighted by molar-refractivity contribution is 5.81. The van der Waals surface area contributed by atoms with Crippen molar-refractivity contribution >= 4 is 11.9 Å². The standard InChI is InChI=1S/C17H23NO4/c1-12-6-5-7-13(2)17(12)22-11-16(20)21-10-15(19)18-14-8-3-4-9-14/h5-7,14H,3-4,8-11H2,1-2H3,(H,18,19). The first-order valence-electron chi connectivity index (χ1n) is 7.70. The van der Waals surface area contributed by atoms with Gasteiger partial charge in [-0.05, 0) is 37.8 Å². The van der Waals surface area contributed by atoms with Crippen molar-refractivity contribution < 1.29 is 19.1 Å². The molecule has 0 unspecified atom stereocenters. The molecule has 0 aliphatic heterocycles. The van der Waals surface area contributed by atoms with Gasteiger partial charge in [-0.25, -0.2) is 4.79 Å². The lowest BCUT2D eigenvalue weighted by atomic mass is 10.1. The fraction of sp³-hybridized carbons (Fsp3) is 0.529. The summed E-state index contributed by atoms with van der Waals surface area (Å²) in [5, 5.41) is 2.87. The molecule has 1 amide bonds. The lowest BCUT2D eigenvalue weighted by Crippen LogP contribution is -2.36. The van der Waals surface area contributed by atoms with Crippen LogP contribution in [0.15, 0.2) is 18.2 Å². The normalized spacial score (nSPS) is 14.6. The van der Waals surface area contributed by atoms with Crippen LogP contribution in [-0.2, 0) is 14.3 Å². The van der Waals surface area contributed by atoms with E-state index in [0.717, 1.165) is 36.8 Å². The fourth-order valence-electron chi connectivity index (χ4n) is 2.69. The van der Waals surface area contributed by atoms with Crippen molar-refractivity contribution in [3.63, 3.8) is 0 Å². The third kappa shape index (κ3) is 4.76. The van der Waals surface area contributed by atoms with Gasteiger partial charge >= 0.3 is 5.97 Å². The molecule has 1 aliphatic carbocycles. The molecule has 1 N–H and O–H groups in total. The van der Waals surface area contributed by atoms with Gasteiger partial charge in [-0.2, -0.15) is 0 Å². The van der Waals surface area contributed by atoms with Gasteiger partial charge in [0.05, 0.1) is 0 Å². The molecule has 0 saturated heterocycles. The van der Waals surface area contributed by atoms with Gasteiger partial charge in [0, 0.05) is 6.04 Å². The highest BCUT2D eigenvalue weighted by atomic mass is 16.6. The zero-order chi connectivity index (χ0) is 15.9. The van der Waals surface area contributed by atoms with E-state index in [-0.39, 0.29) is 25.2 Å². The van der Waals surface area contributed by atoms with Crippen LogP contribution in [0.25, 0.3) is 0 Å². The maximum atomic E-state index is 11.7. The number of ether oxygens (including phenoxy) is 2. The summed E-state index contributed by atoms with van der Waals surface area (Å²) in [4.78, 5) is 23.3. The van der Waals surface area contributed by atoms with Gasteiger partial charge in [-0.15, -0.1) is 0 Å². The first kappa shape index (κ1) is 16.3. The van der Waals surface area contributed by atoms with Gasteiger partial charge < -0.3 is 14.8 Å². The first-order chi connectivity index (χ1) is 10.6. The number of rotatable bonds is 6. The molecule has 2 rings (SSSR count). The summed E-state index contributed by atoms with van der Waals surface area (Å²) >= 11 is 0. The van der Waals surface area contributed by atoms with E-state index >= 15 is 0 Å². The summed E-state index contributed by atoms with van der Waals surface area (Å²) in [7, 11) is 0. The highest BCUT2D eigenvalue weighted by Gasteiger charge is 2.18. The Morgan fingerprint density at radius 1 is 1.14 bits per heavy atom. The zero-order valence-corrected chi connectivity index (χ0v) is 13.2. The Morgan fingerprint density at radius 3 is 2.41 bits per heavy atom. The van der Waals surface area contributed by atoms with Crippen molar-refractivity contribution in [3.05, 3.63) is 29.3 Å². The van der Waals surface area contributed by atoms with Crippen LogP contribution in [0.3, 0.4) is 0 Å². The highest BCUT2D eigenvalue weighted by Crippen LogP contribution is 2.22. The van der Waals surface area contributed by atoms with Crippen LogP contribution in [0.4, 0.5) is 0 Å². The minimum Gasteiger partial charge on any atom is -0.481 e. The van der Waals surface area contributed by atoms with Gasteiger partial charge in [0.2, 0.25) is 0 Å². The van der Waals surface area contributed by atoms with E-state index in [0.29, 0.717) is 5.75 Å². The lowest BCUT2D eigenvalue weighted by molar-refractivity contribution is -0.150. The van der Waals surface area contributed by atoms with E-state index in [1.54, 1.807) is 0 Å². The third-order valence-electron chi connectivity index (χ3n) is 3.83. The lowest BCUT2D eigenvalue weighted by Gasteiger charge is -2.13. The average molecular weight is 305 g/mol. The summed E-state index contributed by atoms with van der Waals surface area (Å²) in [5.41, 5.74) is 1.93. The molecular formula is C17H23NO4. The fourth-order valence-corrected chi connectivity index (χ4v) is 2.69. The molecule has 1 aromatic carbocycles. The number of hydrogen-bond acceptors (Lipinski definition) is 4. The van der Waals surface area contributed by atoms with E-state index < -0.39 is 5.97 Å². The smallest absolute Gasteiger partial charge is 0.344 e. The number of hydrogen-bond donors (Lipinski definition) is 1. The molecule has 0 aromatic heterocycles. The Hall–Kier alpha value is -2.04. The third-order valence-corrected chi connectivity index (χ3v) is 3.83. The number of carbonyl (C=O) groups excluding carboxylic acids is 2. The van der Waals surface area contributed by atoms with Crippen LogP contribution in [0.1, 0.15) is 36.8 Å². The largest absolute Gasteiger partial charge is 0.481 e. The molecule has 5 nitrogen and oxygen atoms in total. The second-order valence-electron chi connectivity index (χ2n) is 5.72. The Kier molecular flexibility index (Phi) is 5.81. The Labute approximate surface area is 131 Å².